The third-order valence-electron chi connectivity index (χ3n) is 3.94. The molecule has 0 aliphatic heterocycles. The summed E-state index contributed by atoms with van der Waals surface area (Å²) in [6.45, 7) is 3.22. The van der Waals surface area contributed by atoms with Crippen LogP contribution in [0, 0.1) is 11.8 Å². The standard InChI is InChI=1S/C15H20O/c1-2-12-9-14(12)13-5-3-4-6-15(13)16-10-11-7-8-11/h3-6,11-12,14H,2,7-10H2,1H3. The number of benzene rings is 1. The lowest BCUT2D eigenvalue weighted by Gasteiger charge is -2.10. The van der Waals surface area contributed by atoms with E-state index in [2.05, 4.69) is 31.2 Å². The third-order valence-corrected chi connectivity index (χ3v) is 3.94. The summed E-state index contributed by atoms with van der Waals surface area (Å²) < 4.78 is 5.96. The van der Waals surface area contributed by atoms with Gasteiger partial charge in [-0.15, -0.1) is 0 Å². The van der Waals surface area contributed by atoms with Crippen LogP contribution < -0.4 is 4.74 Å². The van der Waals surface area contributed by atoms with Gasteiger partial charge >= 0.3 is 0 Å². The van der Waals surface area contributed by atoms with E-state index < -0.39 is 0 Å². The Morgan fingerprint density at radius 3 is 2.75 bits per heavy atom. The second kappa shape index (κ2) is 4.12. The van der Waals surface area contributed by atoms with Crippen molar-refractivity contribution in [2.45, 2.75) is 38.5 Å². The molecule has 1 heteroatoms. The smallest absolute Gasteiger partial charge is 0.122 e. The van der Waals surface area contributed by atoms with Gasteiger partial charge in [0.1, 0.15) is 5.75 Å². The molecule has 2 atom stereocenters. The van der Waals surface area contributed by atoms with Crippen LogP contribution in [0.5, 0.6) is 5.75 Å². The molecule has 0 heterocycles. The Morgan fingerprint density at radius 2 is 2.06 bits per heavy atom. The average molecular weight is 216 g/mol. The fourth-order valence-corrected chi connectivity index (χ4v) is 2.49. The molecule has 0 N–H and O–H groups in total. The van der Waals surface area contributed by atoms with E-state index in [1.807, 2.05) is 0 Å². The molecule has 2 saturated carbocycles. The lowest BCUT2D eigenvalue weighted by molar-refractivity contribution is 0.296. The number of para-hydroxylation sites is 1. The quantitative estimate of drug-likeness (QED) is 0.723. The van der Waals surface area contributed by atoms with E-state index in [9.17, 15) is 0 Å². The summed E-state index contributed by atoms with van der Waals surface area (Å²) in [6.07, 6.45) is 5.40. The van der Waals surface area contributed by atoms with Crippen molar-refractivity contribution >= 4 is 0 Å². The van der Waals surface area contributed by atoms with Crippen LogP contribution >= 0.6 is 0 Å². The van der Waals surface area contributed by atoms with E-state index in [1.54, 1.807) is 0 Å². The van der Waals surface area contributed by atoms with Crippen LogP contribution in [0.1, 0.15) is 44.1 Å². The molecule has 16 heavy (non-hydrogen) atoms. The molecule has 3 rings (SSSR count). The lowest BCUT2D eigenvalue weighted by atomic mass is 10.1. The predicted molar refractivity (Wildman–Crippen MR) is 65.8 cm³/mol. The van der Waals surface area contributed by atoms with Crippen molar-refractivity contribution in [2.75, 3.05) is 6.61 Å². The molecule has 86 valence electrons. The molecule has 2 aliphatic carbocycles. The summed E-state index contributed by atoms with van der Waals surface area (Å²) in [7, 11) is 0. The third kappa shape index (κ3) is 2.09. The largest absolute Gasteiger partial charge is 0.493 e. The van der Waals surface area contributed by atoms with Crippen LogP contribution in [0.15, 0.2) is 24.3 Å². The minimum atomic E-state index is 0.778. The summed E-state index contributed by atoms with van der Waals surface area (Å²) in [6, 6.07) is 8.63. The monoisotopic (exact) mass is 216 g/mol. The van der Waals surface area contributed by atoms with Gasteiger partial charge in [0.2, 0.25) is 0 Å². The molecule has 0 amide bonds. The van der Waals surface area contributed by atoms with Crippen LogP contribution in [0.3, 0.4) is 0 Å². The Bertz CT molecular complexity index is 367. The highest BCUT2D eigenvalue weighted by Crippen LogP contribution is 2.52. The van der Waals surface area contributed by atoms with Crippen LogP contribution in [-0.4, -0.2) is 6.61 Å². The van der Waals surface area contributed by atoms with Gasteiger partial charge in [0.05, 0.1) is 6.61 Å². The maximum Gasteiger partial charge on any atom is 0.122 e. The Kier molecular flexibility index (Phi) is 2.62. The maximum absolute atomic E-state index is 5.96. The second-order valence-electron chi connectivity index (χ2n) is 5.30. The Balaban J connectivity index is 1.70. The molecule has 1 nitrogen and oxygen atoms in total. The highest BCUT2D eigenvalue weighted by atomic mass is 16.5. The predicted octanol–water partition coefficient (Wildman–Crippen LogP) is 3.99. The summed E-state index contributed by atoms with van der Waals surface area (Å²) >= 11 is 0. The average Bonchev–Trinajstić information content (AvgIpc) is 3.20. The van der Waals surface area contributed by atoms with Gasteiger partial charge in [-0.05, 0) is 48.6 Å². The lowest BCUT2D eigenvalue weighted by Crippen LogP contribution is -2.01. The Labute approximate surface area is 97.8 Å². The molecule has 2 fully saturated rings. The van der Waals surface area contributed by atoms with Crippen molar-refractivity contribution in [3.63, 3.8) is 0 Å². The zero-order valence-electron chi connectivity index (χ0n) is 9.99. The Morgan fingerprint density at radius 1 is 1.25 bits per heavy atom. The van der Waals surface area contributed by atoms with E-state index in [0.717, 1.165) is 30.1 Å². The fourth-order valence-electron chi connectivity index (χ4n) is 2.49. The zero-order chi connectivity index (χ0) is 11.0. The first kappa shape index (κ1) is 10.2. The van der Waals surface area contributed by atoms with Gasteiger partial charge in [-0.2, -0.15) is 0 Å². The van der Waals surface area contributed by atoms with Gasteiger partial charge in [-0.25, -0.2) is 0 Å². The second-order valence-corrected chi connectivity index (χ2v) is 5.30. The van der Waals surface area contributed by atoms with Gasteiger partial charge in [-0.3, -0.25) is 0 Å². The fraction of sp³-hybridized carbons (Fsp3) is 0.600. The summed E-state index contributed by atoms with van der Waals surface area (Å²) in [5, 5.41) is 0. The van der Waals surface area contributed by atoms with Crippen molar-refractivity contribution in [1.82, 2.24) is 0 Å². The first-order valence-electron chi connectivity index (χ1n) is 6.60. The van der Waals surface area contributed by atoms with Crippen molar-refractivity contribution in [2.24, 2.45) is 11.8 Å². The van der Waals surface area contributed by atoms with Gasteiger partial charge in [-0.1, -0.05) is 31.5 Å². The topological polar surface area (TPSA) is 9.23 Å². The summed E-state index contributed by atoms with van der Waals surface area (Å²) in [5.41, 5.74) is 1.45. The molecule has 0 aromatic heterocycles. The molecule has 0 bridgehead atoms. The Hall–Kier alpha value is -0.980. The number of hydrogen-bond donors (Lipinski definition) is 0. The molecular weight excluding hydrogens is 196 g/mol. The SMILES string of the molecule is CCC1CC1c1ccccc1OCC1CC1. The van der Waals surface area contributed by atoms with Gasteiger partial charge in [0.25, 0.3) is 0 Å². The van der Waals surface area contributed by atoms with E-state index in [4.69, 9.17) is 4.74 Å². The first-order valence-corrected chi connectivity index (χ1v) is 6.60. The highest BCUT2D eigenvalue weighted by molar-refractivity contribution is 5.39. The first-order chi connectivity index (χ1) is 7.88. The van der Waals surface area contributed by atoms with Crippen LogP contribution in [0.4, 0.5) is 0 Å². The molecular formula is C15H20O. The van der Waals surface area contributed by atoms with Gasteiger partial charge in [0.15, 0.2) is 0 Å². The van der Waals surface area contributed by atoms with Crippen LogP contribution in [0.2, 0.25) is 0 Å². The normalized spacial score (nSPS) is 27.8. The molecule has 1 aromatic carbocycles. The molecule has 0 radical (unpaired) electrons. The minimum Gasteiger partial charge on any atom is -0.493 e. The number of ether oxygens (including phenoxy) is 1. The molecule has 2 unspecified atom stereocenters. The molecule has 0 saturated heterocycles. The van der Waals surface area contributed by atoms with E-state index in [0.29, 0.717) is 0 Å². The van der Waals surface area contributed by atoms with Crippen molar-refractivity contribution < 1.29 is 4.74 Å². The zero-order valence-corrected chi connectivity index (χ0v) is 9.99. The van der Waals surface area contributed by atoms with Crippen molar-refractivity contribution in [1.29, 1.82) is 0 Å². The minimum absolute atomic E-state index is 0.778. The summed E-state index contributed by atoms with van der Waals surface area (Å²) in [4.78, 5) is 0. The van der Waals surface area contributed by atoms with E-state index >= 15 is 0 Å². The van der Waals surface area contributed by atoms with Crippen molar-refractivity contribution in [3.8, 4) is 5.75 Å². The van der Waals surface area contributed by atoms with Crippen molar-refractivity contribution in [3.05, 3.63) is 29.8 Å². The van der Waals surface area contributed by atoms with Crippen LogP contribution in [-0.2, 0) is 0 Å². The molecule has 1 aromatic rings. The molecule has 0 spiro atoms. The molecule has 2 aliphatic rings. The van der Waals surface area contributed by atoms with E-state index in [-0.39, 0.29) is 0 Å². The van der Waals surface area contributed by atoms with Gasteiger partial charge in [0, 0.05) is 0 Å². The maximum atomic E-state index is 5.96. The summed E-state index contributed by atoms with van der Waals surface area (Å²) in [5.74, 6) is 3.68. The van der Waals surface area contributed by atoms with E-state index in [1.165, 1.54) is 31.2 Å². The van der Waals surface area contributed by atoms with Gasteiger partial charge < -0.3 is 4.74 Å². The highest BCUT2D eigenvalue weighted by Gasteiger charge is 2.38. The number of hydrogen-bond acceptors (Lipinski definition) is 1. The number of rotatable bonds is 5. The van der Waals surface area contributed by atoms with Crippen LogP contribution in [0.25, 0.3) is 0 Å².